The molecule has 1 fully saturated rings. The fourth-order valence-electron chi connectivity index (χ4n) is 2.59. The lowest BCUT2D eigenvalue weighted by Gasteiger charge is -2.32. The largest absolute Gasteiger partial charge is 0.446 e. The fraction of sp³-hybridized carbons (Fsp3) is 0.632. The van der Waals surface area contributed by atoms with Gasteiger partial charge < -0.3 is 0 Å². The van der Waals surface area contributed by atoms with Gasteiger partial charge in [0.1, 0.15) is 0 Å². The van der Waals surface area contributed by atoms with Gasteiger partial charge in [-0.2, -0.15) is 22.5 Å². The molecular formula is C19H29F3N2O4S3. The zero-order valence-corrected chi connectivity index (χ0v) is 20.3. The highest BCUT2D eigenvalue weighted by Crippen LogP contribution is 2.38. The van der Waals surface area contributed by atoms with E-state index in [9.17, 15) is 22.2 Å². The Hall–Kier alpha value is -0.790. The van der Waals surface area contributed by atoms with Gasteiger partial charge in [-0.05, 0) is 62.2 Å². The van der Waals surface area contributed by atoms with Gasteiger partial charge in [-0.15, -0.1) is 11.8 Å². The van der Waals surface area contributed by atoms with Crippen LogP contribution in [0, 0.1) is 0 Å². The van der Waals surface area contributed by atoms with Crippen molar-refractivity contribution < 1.29 is 31.7 Å². The highest BCUT2D eigenvalue weighted by atomic mass is 32.2. The van der Waals surface area contributed by atoms with Crippen LogP contribution in [-0.4, -0.2) is 49.0 Å². The summed E-state index contributed by atoms with van der Waals surface area (Å²) in [6.07, 6.45) is 1.69. The number of hydroxylamine groups is 3. The van der Waals surface area contributed by atoms with Gasteiger partial charge in [0.05, 0.1) is 0 Å². The predicted molar refractivity (Wildman–Crippen MR) is 118 cm³/mol. The number of halogens is 3. The maximum absolute atomic E-state index is 12.5. The summed E-state index contributed by atoms with van der Waals surface area (Å²) in [7, 11) is 0. The van der Waals surface area contributed by atoms with E-state index >= 15 is 0 Å². The third kappa shape index (κ3) is 8.93. The van der Waals surface area contributed by atoms with Gasteiger partial charge in [-0.3, -0.25) is 10.0 Å². The van der Waals surface area contributed by atoms with Crippen molar-refractivity contribution in [3.8, 4) is 0 Å². The molecule has 1 aromatic carbocycles. The highest BCUT2D eigenvalue weighted by Gasteiger charge is 2.41. The van der Waals surface area contributed by atoms with E-state index in [4.69, 9.17) is 9.49 Å². The topological polar surface area (TPSA) is 78.9 Å². The first-order chi connectivity index (χ1) is 14.6. The number of rotatable bonds is 8. The van der Waals surface area contributed by atoms with E-state index in [0.29, 0.717) is 13.1 Å². The van der Waals surface area contributed by atoms with Crippen molar-refractivity contribution >= 4 is 40.5 Å². The van der Waals surface area contributed by atoms with Gasteiger partial charge in [0.15, 0.2) is 15.8 Å². The molecule has 1 aliphatic heterocycles. The van der Waals surface area contributed by atoms with E-state index < -0.39 is 27.2 Å². The van der Waals surface area contributed by atoms with Crippen molar-refractivity contribution in [2.75, 3.05) is 13.1 Å². The maximum Gasteiger partial charge on any atom is 0.446 e. The molecule has 0 saturated carbocycles. The third-order valence-electron chi connectivity index (χ3n) is 4.56. The molecule has 1 saturated heterocycles. The number of carbonyl (C=O) groups excluding carboxylic acids is 1. The van der Waals surface area contributed by atoms with Crippen molar-refractivity contribution in [3.05, 3.63) is 24.3 Å². The van der Waals surface area contributed by atoms with E-state index in [0.717, 1.165) is 17.7 Å². The molecule has 0 bridgehead atoms. The van der Waals surface area contributed by atoms with Crippen LogP contribution in [0.1, 0.15) is 47.0 Å². The van der Waals surface area contributed by atoms with E-state index in [1.54, 1.807) is 35.9 Å². The molecule has 1 amide bonds. The Labute approximate surface area is 192 Å². The predicted octanol–water partition coefficient (Wildman–Crippen LogP) is 5.15. The molecule has 12 heteroatoms. The van der Waals surface area contributed by atoms with Crippen LogP contribution in [0.25, 0.3) is 0 Å². The van der Waals surface area contributed by atoms with Crippen molar-refractivity contribution in [3.63, 3.8) is 0 Å². The summed E-state index contributed by atoms with van der Waals surface area (Å²) in [5.41, 5.74) is -2.77. The molecule has 0 radical (unpaired) electrons. The zero-order chi connectivity index (χ0) is 23.7. The summed E-state index contributed by atoms with van der Waals surface area (Å²) in [4.78, 5) is 12.8. The molecule has 0 spiro atoms. The molecule has 1 heterocycles. The molecule has 2 rings (SSSR count). The lowest BCUT2D eigenvalue weighted by atomic mass is 10.1. The summed E-state index contributed by atoms with van der Waals surface area (Å²) in [5, 5.41) is 10.6. The minimum absolute atomic E-state index is 0.137. The first kappa shape index (κ1) is 28.2. The van der Waals surface area contributed by atoms with Gasteiger partial charge >= 0.3 is 5.51 Å². The minimum atomic E-state index is -4.30. The van der Waals surface area contributed by atoms with Crippen LogP contribution in [0.2, 0.25) is 0 Å². The molecule has 178 valence electrons. The van der Waals surface area contributed by atoms with Crippen LogP contribution in [0.4, 0.5) is 13.2 Å². The molecule has 1 aromatic rings. The van der Waals surface area contributed by atoms with Crippen molar-refractivity contribution in [1.82, 2.24) is 10.5 Å². The fourth-order valence-corrected chi connectivity index (χ4v) is 5.19. The van der Waals surface area contributed by atoms with Crippen LogP contribution in [0.3, 0.4) is 0 Å². The molecule has 2 N–H and O–H groups in total. The zero-order valence-electron chi connectivity index (χ0n) is 17.9. The lowest BCUT2D eigenvalue weighted by molar-refractivity contribution is -0.132. The average molecular weight is 503 g/mol. The van der Waals surface area contributed by atoms with E-state index in [1.165, 1.54) is 24.5 Å². The van der Waals surface area contributed by atoms with Crippen molar-refractivity contribution in [1.29, 1.82) is 0 Å². The second kappa shape index (κ2) is 13.0. The standard InChI is InChI=1S/C17H23F3N2O4S3.C2H6/c1-3-16(2,15(23)21-24)29(25)26-22-10-8-13(9-11-22)27-12-4-6-14(7-5-12)28-17(18,19)20;1-2/h4-7,13,24H,3,8-11H2,1-2H3,(H,21,23);1-2H3. The lowest BCUT2D eigenvalue weighted by Crippen LogP contribution is -2.49. The first-order valence-electron chi connectivity index (χ1n) is 9.89. The first-order valence-corrected chi connectivity index (χ1v) is 12.7. The number of hydrogen-bond donors (Lipinski definition) is 2. The van der Waals surface area contributed by atoms with E-state index in [1.807, 2.05) is 13.8 Å². The highest BCUT2D eigenvalue weighted by molar-refractivity contribution is 8.00. The number of carbonyl (C=O) groups is 1. The molecule has 0 aliphatic carbocycles. The Morgan fingerprint density at radius 3 is 2.19 bits per heavy atom. The van der Waals surface area contributed by atoms with Gasteiger partial charge in [0, 0.05) is 28.1 Å². The monoisotopic (exact) mass is 502 g/mol. The smallest absolute Gasteiger partial charge is 0.289 e. The second-order valence-electron chi connectivity index (χ2n) is 6.60. The number of nitrogens with zero attached hydrogens (tertiary/aromatic N) is 1. The second-order valence-corrected chi connectivity index (χ2v) is 10.6. The summed E-state index contributed by atoms with van der Waals surface area (Å²) in [5.74, 6) is -0.768. The molecule has 0 aromatic heterocycles. The summed E-state index contributed by atoms with van der Waals surface area (Å²) >= 11 is -0.510. The van der Waals surface area contributed by atoms with E-state index in [-0.39, 0.29) is 28.3 Å². The number of piperidine rings is 1. The van der Waals surface area contributed by atoms with Crippen LogP contribution in [-0.2, 0) is 20.2 Å². The third-order valence-corrected chi connectivity index (χ3v) is 8.20. The summed E-state index contributed by atoms with van der Waals surface area (Å²) < 4.78 is 53.7. The number of benzene rings is 1. The van der Waals surface area contributed by atoms with E-state index in [2.05, 4.69) is 0 Å². The molecule has 31 heavy (non-hydrogen) atoms. The van der Waals surface area contributed by atoms with Gasteiger partial charge in [0.2, 0.25) is 0 Å². The number of amides is 1. The van der Waals surface area contributed by atoms with Crippen LogP contribution in [0.5, 0.6) is 0 Å². The number of thioether (sulfide) groups is 2. The van der Waals surface area contributed by atoms with Gasteiger partial charge in [-0.1, -0.05) is 20.8 Å². The molecular weight excluding hydrogens is 473 g/mol. The molecule has 2 unspecified atom stereocenters. The Morgan fingerprint density at radius 2 is 1.74 bits per heavy atom. The number of hydrogen-bond acceptors (Lipinski definition) is 7. The number of nitrogens with one attached hydrogen (secondary N) is 1. The summed E-state index contributed by atoms with van der Waals surface area (Å²) in [6.45, 7) is 8.15. The molecule has 2 atom stereocenters. The van der Waals surface area contributed by atoms with Crippen molar-refractivity contribution in [2.45, 2.75) is 72.3 Å². The minimum Gasteiger partial charge on any atom is -0.289 e. The van der Waals surface area contributed by atoms with Crippen molar-refractivity contribution in [2.24, 2.45) is 0 Å². The number of alkyl halides is 3. The van der Waals surface area contributed by atoms with Crippen LogP contribution >= 0.6 is 23.5 Å². The Kier molecular flexibility index (Phi) is 11.9. The SMILES string of the molecule is CC.CCC(C)(C(=O)NO)S(=O)ON1CCC(Sc2ccc(SC(F)(F)F)cc2)CC1. The summed E-state index contributed by atoms with van der Waals surface area (Å²) in [6, 6.07) is 6.27. The average Bonchev–Trinajstić information content (AvgIpc) is 2.75. The Balaban J connectivity index is 0.00000233. The Bertz CT molecular complexity index is 714. The normalized spacial score (nSPS) is 18.5. The Morgan fingerprint density at radius 1 is 1.23 bits per heavy atom. The quantitative estimate of drug-likeness (QED) is 0.289. The van der Waals surface area contributed by atoms with Gasteiger partial charge in [0.25, 0.3) is 5.91 Å². The maximum atomic E-state index is 12.5. The van der Waals surface area contributed by atoms with Crippen LogP contribution < -0.4 is 5.48 Å². The van der Waals surface area contributed by atoms with Gasteiger partial charge in [-0.25, -0.2) is 9.69 Å². The molecule has 1 aliphatic rings. The molecule has 6 nitrogen and oxygen atoms in total. The van der Waals surface area contributed by atoms with Crippen LogP contribution in [0.15, 0.2) is 34.1 Å².